The highest BCUT2D eigenvalue weighted by molar-refractivity contribution is 6.32. The van der Waals surface area contributed by atoms with Gasteiger partial charge >= 0.3 is 0 Å². The maximum absolute atomic E-state index is 6.16. The second kappa shape index (κ2) is 5.51. The summed E-state index contributed by atoms with van der Waals surface area (Å²) in [6.45, 7) is 4.11. The second-order valence-electron chi connectivity index (χ2n) is 5.36. The van der Waals surface area contributed by atoms with Crippen LogP contribution >= 0.6 is 11.6 Å². The zero-order valence-corrected chi connectivity index (χ0v) is 11.8. The van der Waals surface area contributed by atoms with Gasteiger partial charge in [-0.1, -0.05) is 24.4 Å². The Morgan fingerprint density at radius 3 is 2.53 bits per heavy atom. The number of hydrogen-bond acceptors (Lipinski definition) is 5. The molecule has 104 valence electrons. The Morgan fingerprint density at radius 1 is 1.16 bits per heavy atom. The highest BCUT2D eigenvalue weighted by Crippen LogP contribution is 2.27. The van der Waals surface area contributed by atoms with E-state index in [1.807, 2.05) is 0 Å². The number of nitrogens with two attached hydrogens (primary N) is 1. The molecule has 19 heavy (non-hydrogen) atoms. The molecular weight excluding hydrogens is 262 g/mol. The Morgan fingerprint density at radius 2 is 1.84 bits per heavy atom. The van der Waals surface area contributed by atoms with Gasteiger partial charge in [0, 0.05) is 32.2 Å². The summed E-state index contributed by atoms with van der Waals surface area (Å²) in [5, 5.41) is 0.587. The van der Waals surface area contributed by atoms with Crippen molar-refractivity contribution in [3.63, 3.8) is 0 Å². The molecule has 6 heteroatoms. The van der Waals surface area contributed by atoms with Crippen LogP contribution in [0.25, 0.3) is 0 Å². The van der Waals surface area contributed by atoms with Gasteiger partial charge in [0.2, 0.25) is 5.95 Å². The minimum absolute atomic E-state index is 0.289. The van der Waals surface area contributed by atoms with E-state index in [1.54, 1.807) is 6.20 Å². The van der Waals surface area contributed by atoms with Gasteiger partial charge < -0.3 is 10.6 Å². The van der Waals surface area contributed by atoms with Crippen LogP contribution in [0, 0.1) is 0 Å². The number of rotatable bonds is 2. The van der Waals surface area contributed by atoms with Crippen molar-refractivity contribution >= 4 is 23.4 Å². The Kier molecular flexibility index (Phi) is 3.75. The molecular formula is C13H20ClN5. The van der Waals surface area contributed by atoms with Crippen molar-refractivity contribution < 1.29 is 0 Å². The summed E-state index contributed by atoms with van der Waals surface area (Å²) < 4.78 is 0. The van der Waals surface area contributed by atoms with Gasteiger partial charge in [-0.15, -0.1) is 0 Å². The molecule has 1 aliphatic carbocycles. The molecule has 0 amide bonds. The van der Waals surface area contributed by atoms with Gasteiger partial charge in [-0.2, -0.15) is 4.98 Å². The van der Waals surface area contributed by atoms with Gasteiger partial charge in [0.05, 0.1) is 6.20 Å². The van der Waals surface area contributed by atoms with E-state index in [9.17, 15) is 0 Å². The van der Waals surface area contributed by atoms with Crippen LogP contribution in [0.2, 0.25) is 5.02 Å². The van der Waals surface area contributed by atoms with Crippen LogP contribution in [-0.2, 0) is 0 Å². The lowest BCUT2D eigenvalue weighted by atomic mass is 10.2. The molecule has 1 aliphatic heterocycles. The summed E-state index contributed by atoms with van der Waals surface area (Å²) in [6, 6.07) is 0.799. The summed E-state index contributed by atoms with van der Waals surface area (Å²) >= 11 is 6.16. The molecule has 1 aromatic heterocycles. The fourth-order valence-corrected chi connectivity index (χ4v) is 3.37. The van der Waals surface area contributed by atoms with Crippen LogP contribution in [0.1, 0.15) is 25.7 Å². The van der Waals surface area contributed by atoms with E-state index in [1.165, 1.54) is 25.7 Å². The summed E-state index contributed by atoms with van der Waals surface area (Å²) in [5.74, 6) is 1.07. The van der Waals surface area contributed by atoms with Crippen molar-refractivity contribution in [1.29, 1.82) is 0 Å². The molecule has 0 radical (unpaired) electrons. The predicted octanol–water partition coefficient (Wildman–Crippen LogP) is 1.78. The third-order valence-electron chi connectivity index (χ3n) is 4.20. The number of nitrogens with zero attached hydrogens (tertiary/aromatic N) is 4. The molecule has 1 saturated heterocycles. The van der Waals surface area contributed by atoms with Gasteiger partial charge in [0.15, 0.2) is 5.82 Å². The Labute approximate surface area is 118 Å². The monoisotopic (exact) mass is 281 g/mol. The normalized spacial score (nSPS) is 22.1. The number of hydrogen-bond donors (Lipinski definition) is 1. The molecule has 1 saturated carbocycles. The van der Waals surface area contributed by atoms with E-state index in [0.717, 1.165) is 38.0 Å². The van der Waals surface area contributed by atoms with Gasteiger partial charge in [-0.05, 0) is 12.8 Å². The van der Waals surface area contributed by atoms with E-state index >= 15 is 0 Å². The van der Waals surface area contributed by atoms with Crippen LogP contribution in [-0.4, -0.2) is 47.1 Å². The standard InChI is InChI=1S/C13H20ClN5/c14-11-9-16-13(15)17-12(11)19-7-5-18(6-8-19)10-3-1-2-4-10/h9-10H,1-8H2,(H2,15,16,17). The van der Waals surface area contributed by atoms with Crippen LogP contribution in [0.4, 0.5) is 11.8 Å². The van der Waals surface area contributed by atoms with Crippen LogP contribution in [0.15, 0.2) is 6.20 Å². The SMILES string of the molecule is Nc1ncc(Cl)c(N2CCN(C3CCCC3)CC2)n1. The Hall–Kier alpha value is -1.07. The summed E-state index contributed by atoms with van der Waals surface area (Å²) in [7, 11) is 0. The number of piperazine rings is 1. The van der Waals surface area contributed by atoms with Gasteiger partial charge in [-0.25, -0.2) is 4.98 Å². The Balaban J connectivity index is 1.64. The maximum Gasteiger partial charge on any atom is 0.222 e. The first-order valence-electron chi connectivity index (χ1n) is 7.01. The second-order valence-corrected chi connectivity index (χ2v) is 5.77. The average molecular weight is 282 g/mol. The van der Waals surface area contributed by atoms with Crippen molar-refractivity contribution in [2.75, 3.05) is 36.8 Å². The van der Waals surface area contributed by atoms with Crippen LogP contribution < -0.4 is 10.6 Å². The number of nitrogen functional groups attached to an aromatic ring is 1. The molecule has 1 aromatic rings. The third-order valence-corrected chi connectivity index (χ3v) is 4.47. The van der Waals surface area contributed by atoms with Gasteiger partial charge in [-0.3, -0.25) is 4.90 Å². The minimum Gasteiger partial charge on any atom is -0.368 e. The molecule has 2 aliphatic rings. The largest absolute Gasteiger partial charge is 0.368 e. The smallest absolute Gasteiger partial charge is 0.222 e. The highest BCUT2D eigenvalue weighted by Gasteiger charge is 2.27. The molecule has 0 unspecified atom stereocenters. The third kappa shape index (κ3) is 2.77. The van der Waals surface area contributed by atoms with E-state index < -0.39 is 0 Å². The molecule has 0 aromatic carbocycles. The number of halogens is 1. The fourth-order valence-electron chi connectivity index (χ4n) is 3.16. The van der Waals surface area contributed by atoms with Crippen molar-refractivity contribution in [3.8, 4) is 0 Å². The summed E-state index contributed by atoms with van der Waals surface area (Å²) in [5.41, 5.74) is 5.64. The van der Waals surface area contributed by atoms with E-state index in [4.69, 9.17) is 17.3 Å². The lowest BCUT2D eigenvalue weighted by molar-refractivity contribution is 0.187. The van der Waals surface area contributed by atoms with Crippen LogP contribution in [0.3, 0.4) is 0 Å². The molecule has 0 bridgehead atoms. The van der Waals surface area contributed by atoms with Crippen molar-refractivity contribution in [2.24, 2.45) is 0 Å². The maximum atomic E-state index is 6.16. The van der Waals surface area contributed by atoms with Crippen molar-refractivity contribution in [1.82, 2.24) is 14.9 Å². The molecule has 2 N–H and O–H groups in total. The summed E-state index contributed by atoms with van der Waals surface area (Å²) in [4.78, 5) is 13.0. The molecule has 0 atom stereocenters. The molecule has 3 rings (SSSR count). The molecule has 5 nitrogen and oxygen atoms in total. The number of aromatic nitrogens is 2. The number of anilines is 2. The molecule has 0 spiro atoms. The van der Waals surface area contributed by atoms with E-state index in [-0.39, 0.29) is 5.95 Å². The first-order valence-corrected chi connectivity index (χ1v) is 7.39. The quantitative estimate of drug-likeness (QED) is 0.895. The topological polar surface area (TPSA) is 58.3 Å². The minimum atomic E-state index is 0.289. The zero-order valence-electron chi connectivity index (χ0n) is 11.1. The van der Waals surface area contributed by atoms with E-state index in [0.29, 0.717) is 5.02 Å². The first kappa shape index (κ1) is 12.9. The van der Waals surface area contributed by atoms with Crippen molar-refractivity contribution in [2.45, 2.75) is 31.7 Å². The van der Waals surface area contributed by atoms with E-state index in [2.05, 4.69) is 19.8 Å². The lowest BCUT2D eigenvalue weighted by Gasteiger charge is -2.38. The Bertz CT molecular complexity index is 439. The first-order chi connectivity index (χ1) is 9.24. The van der Waals surface area contributed by atoms with Gasteiger partial charge in [0.1, 0.15) is 5.02 Å². The zero-order chi connectivity index (χ0) is 13.2. The van der Waals surface area contributed by atoms with Crippen LogP contribution in [0.5, 0.6) is 0 Å². The van der Waals surface area contributed by atoms with Gasteiger partial charge in [0.25, 0.3) is 0 Å². The summed E-state index contributed by atoms with van der Waals surface area (Å²) in [6.07, 6.45) is 7.09. The molecule has 2 heterocycles. The fraction of sp³-hybridized carbons (Fsp3) is 0.692. The highest BCUT2D eigenvalue weighted by atomic mass is 35.5. The van der Waals surface area contributed by atoms with Crippen molar-refractivity contribution in [3.05, 3.63) is 11.2 Å². The lowest BCUT2D eigenvalue weighted by Crippen LogP contribution is -2.50. The molecule has 2 fully saturated rings. The average Bonchev–Trinajstić information content (AvgIpc) is 2.96. The predicted molar refractivity (Wildman–Crippen MR) is 77.5 cm³/mol.